The number of hydrogen-bond acceptors (Lipinski definition) is 4. The molecule has 0 aliphatic carbocycles. The van der Waals surface area contributed by atoms with Gasteiger partial charge < -0.3 is 4.90 Å². The van der Waals surface area contributed by atoms with Gasteiger partial charge in [0.1, 0.15) is 11.9 Å². The second-order valence-corrected chi connectivity index (χ2v) is 5.80. The number of piperazine rings is 1. The minimum absolute atomic E-state index is 0.150. The molecule has 0 saturated carbocycles. The van der Waals surface area contributed by atoms with Crippen LogP contribution in [-0.4, -0.2) is 53.9 Å². The molecule has 6 heteroatoms. The number of hydrogen-bond donors (Lipinski definition) is 0. The Morgan fingerprint density at radius 2 is 1.95 bits per heavy atom. The Morgan fingerprint density at radius 1 is 1.33 bits per heavy atom. The molecule has 1 aromatic carbocycles. The quantitative estimate of drug-likeness (QED) is 0.852. The van der Waals surface area contributed by atoms with Crippen LogP contribution in [-0.2, 0) is 4.79 Å². The lowest BCUT2D eigenvalue weighted by Crippen LogP contribution is -2.50. The molecule has 0 aromatic heterocycles. The normalized spacial score (nSPS) is 17.3. The van der Waals surface area contributed by atoms with E-state index in [0.29, 0.717) is 31.9 Å². The van der Waals surface area contributed by atoms with E-state index in [1.807, 2.05) is 16.1 Å². The molecule has 1 atom stereocenters. The van der Waals surface area contributed by atoms with Crippen molar-refractivity contribution in [2.45, 2.75) is 6.04 Å². The molecule has 1 aliphatic heterocycles. The van der Waals surface area contributed by atoms with Gasteiger partial charge in [0.25, 0.3) is 0 Å². The monoisotopic (exact) mass is 307 g/mol. The Hall–Kier alpha value is -1.58. The third-order valence-corrected chi connectivity index (χ3v) is 4.14. The molecule has 1 saturated heterocycles. The second-order valence-electron chi connectivity index (χ2n) is 4.93. The van der Waals surface area contributed by atoms with Gasteiger partial charge in [-0.1, -0.05) is 12.1 Å². The number of benzene rings is 1. The highest BCUT2D eigenvalue weighted by Gasteiger charge is 2.26. The van der Waals surface area contributed by atoms with E-state index in [4.69, 9.17) is 0 Å². The summed E-state index contributed by atoms with van der Waals surface area (Å²) in [5.41, 5.74) is 0.794. The molecule has 1 aliphatic rings. The van der Waals surface area contributed by atoms with Crippen LogP contribution in [0.4, 0.5) is 4.39 Å². The van der Waals surface area contributed by atoms with Crippen LogP contribution in [0.2, 0.25) is 0 Å². The molecule has 0 bridgehead atoms. The fraction of sp³-hybridized carbons (Fsp3) is 0.467. The number of amides is 1. The third kappa shape index (κ3) is 3.96. The highest BCUT2D eigenvalue weighted by molar-refractivity contribution is 7.99. The lowest BCUT2D eigenvalue weighted by atomic mass is 10.1. The Kier molecular flexibility index (Phi) is 5.59. The van der Waals surface area contributed by atoms with Crippen molar-refractivity contribution in [3.05, 3.63) is 35.6 Å². The minimum Gasteiger partial charge on any atom is -0.339 e. The van der Waals surface area contributed by atoms with Crippen molar-refractivity contribution in [2.24, 2.45) is 0 Å². The summed E-state index contributed by atoms with van der Waals surface area (Å²) in [5, 5.41) is 9.39. The number of nitrogens with zero attached hydrogens (tertiary/aromatic N) is 3. The smallest absolute Gasteiger partial charge is 0.232 e. The van der Waals surface area contributed by atoms with E-state index < -0.39 is 0 Å². The Bertz CT molecular complexity index is 521. The SMILES string of the molecule is CSCC(=O)N1CCN([C@@H](C#N)c2ccc(F)cc2)CC1. The molecule has 1 fully saturated rings. The van der Waals surface area contributed by atoms with E-state index in [-0.39, 0.29) is 17.8 Å². The van der Waals surface area contributed by atoms with Crippen molar-refractivity contribution >= 4 is 17.7 Å². The second kappa shape index (κ2) is 7.43. The largest absolute Gasteiger partial charge is 0.339 e. The van der Waals surface area contributed by atoms with Gasteiger partial charge >= 0.3 is 0 Å². The van der Waals surface area contributed by atoms with E-state index in [0.717, 1.165) is 5.56 Å². The first-order chi connectivity index (χ1) is 10.2. The zero-order valence-corrected chi connectivity index (χ0v) is 12.8. The van der Waals surface area contributed by atoms with Crippen LogP contribution in [0.5, 0.6) is 0 Å². The van der Waals surface area contributed by atoms with Crippen molar-refractivity contribution in [2.75, 3.05) is 38.2 Å². The van der Waals surface area contributed by atoms with Gasteiger partial charge in [-0.2, -0.15) is 17.0 Å². The number of thioether (sulfide) groups is 1. The zero-order valence-electron chi connectivity index (χ0n) is 12.0. The molecule has 1 amide bonds. The van der Waals surface area contributed by atoms with Crippen molar-refractivity contribution in [1.29, 1.82) is 5.26 Å². The molecule has 0 spiro atoms. The average Bonchev–Trinajstić information content (AvgIpc) is 2.51. The summed E-state index contributed by atoms with van der Waals surface area (Å²) in [5.74, 6) is 0.347. The molecule has 1 heterocycles. The van der Waals surface area contributed by atoms with Crippen LogP contribution < -0.4 is 0 Å². The highest BCUT2D eigenvalue weighted by Crippen LogP contribution is 2.22. The molecule has 4 nitrogen and oxygen atoms in total. The third-order valence-electron chi connectivity index (χ3n) is 3.61. The summed E-state index contributed by atoms with van der Waals surface area (Å²) < 4.78 is 13.0. The van der Waals surface area contributed by atoms with E-state index in [2.05, 4.69) is 6.07 Å². The van der Waals surface area contributed by atoms with Crippen LogP contribution in [0.15, 0.2) is 24.3 Å². The van der Waals surface area contributed by atoms with Gasteiger partial charge in [-0.3, -0.25) is 9.69 Å². The molecule has 2 rings (SSSR count). The van der Waals surface area contributed by atoms with Crippen LogP contribution in [0, 0.1) is 17.1 Å². The molecule has 0 unspecified atom stereocenters. The molecule has 112 valence electrons. The van der Waals surface area contributed by atoms with Crippen LogP contribution in [0.25, 0.3) is 0 Å². The van der Waals surface area contributed by atoms with Crippen LogP contribution in [0.3, 0.4) is 0 Å². The summed E-state index contributed by atoms with van der Waals surface area (Å²) in [4.78, 5) is 15.7. The van der Waals surface area contributed by atoms with Crippen LogP contribution >= 0.6 is 11.8 Å². The summed E-state index contributed by atoms with van der Waals surface area (Å²) in [6, 6.07) is 7.93. The van der Waals surface area contributed by atoms with Gasteiger partial charge in [-0.15, -0.1) is 0 Å². The number of nitriles is 1. The van der Waals surface area contributed by atoms with Gasteiger partial charge in [-0.05, 0) is 24.0 Å². The molecule has 21 heavy (non-hydrogen) atoms. The topological polar surface area (TPSA) is 47.3 Å². The standard InChI is InChI=1S/C15H18FN3OS/c1-21-11-15(20)19-8-6-18(7-9-19)14(10-17)12-2-4-13(16)5-3-12/h2-5,14H,6-9,11H2,1H3/t14-/m0/s1. The Labute approximate surface area is 128 Å². The van der Waals surface area contributed by atoms with Crippen molar-refractivity contribution in [3.63, 3.8) is 0 Å². The Morgan fingerprint density at radius 3 is 2.48 bits per heavy atom. The van der Waals surface area contributed by atoms with Gasteiger partial charge in [0, 0.05) is 26.2 Å². The van der Waals surface area contributed by atoms with Gasteiger partial charge in [0.2, 0.25) is 5.91 Å². The van der Waals surface area contributed by atoms with E-state index in [1.54, 1.807) is 12.1 Å². The lowest BCUT2D eigenvalue weighted by molar-refractivity contribution is -0.130. The van der Waals surface area contributed by atoms with Crippen LogP contribution in [0.1, 0.15) is 11.6 Å². The highest BCUT2D eigenvalue weighted by atomic mass is 32.2. The van der Waals surface area contributed by atoms with E-state index >= 15 is 0 Å². The molecule has 0 N–H and O–H groups in total. The van der Waals surface area contributed by atoms with Crippen molar-refractivity contribution < 1.29 is 9.18 Å². The molecule has 1 aromatic rings. The van der Waals surface area contributed by atoms with Crippen molar-refractivity contribution in [3.8, 4) is 6.07 Å². The first-order valence-corrected chi connectivity index (χ1v) is 8.21. The number of carbonyl (C=O) groups excluding carboxylic acids is 1. The number of halogens is 1. The van der Waals surface area contributed by atoms with Gasteiger partial charge in [0.15, 0.2) is 0 Å². The van der Waals surface area contributed by atoms with Gasteiger partial charge in [0.05, 0.1) is 11.8 Å². The molecule has 0 radical (unpaired) electrons. The zero-order chi connectivity index (χ0) is 15.2. The van der Waals surface area contributed by atoms with Gasteiger partial charge in [-0.25, -0.2) is 4.39 Å². The minimum atomic E-state index is -0.386. The molecular formula is C15H18FN3OS. The summed E-state index contributed by atoms with van der Waals surface area (Å²) in [7, 11) is 0. The Balaban J connectivity index is 1.98. The molecular weight excluding hydrogens is 289 g/mol. The summed E-state index contributed by atoms with van der Waals surface area (Å²) >= 11 is 1.52. The summed E-state index contributed by atoms with van der Waals surface area (Å²) in [6.07, 6.45) is 1.91. The fourth-order valence-electron chi connectivity index (χ4n) is 2.46. The lowest BCUT2D eigenvalue weighted by Gasteiger charge is -2.37. The predicted octanol–water partition coefficient (Wildman–Crippen LogP) is 1.90. The van der Waals surface area contributed by atoms with E-state index in [9.17, 15) is 14.4 Å². The number of carbonyl (C=O) groups is 1. The summed E-state index contributed by atoms with van der Waals surface area (Å²) in [6.45, 7) is 2.60. The average molecular weight is 307 g/mol. The predicted molar refractivity (Wildman–Crippen MR) is 81.3 cm³/mol. The van der Waals surface area contributed by atoms with Crippen molar-refractivity contribution in [1.82, 2.24) is 9.80 Å². The number of rotatable bonds is 4. The first-order valence-electron chi connectivity index (χ1n) is 6.81. The maximum atomic E-state index is 13.0. The fourth-order valence-corrected chi connectivity index (χ4v) is 2.89. The maximum absolute atomic E-state index is 13.0. The maximum Gasteiger partial charge on any atom is 0.232 e. The van der Waals surface area contributed by atoms with E-state index in [1.165, 1.54) is 23.9 Å². The first kappa shape index (κ1) is 15.8.